The van der Waals surface area contributed by atoms with E-state index in [4.69, 9.17) is 0 Å². The van der Waals surface area contributed by atoms with Crippen molar-refractivity contribution in [1.29, 1.82) is 0 Å². The van der Waals surface area contributed by atoms with Crippen LogP contribution < -0.4 is 10.6 Å². The topological polar surface area (TPSA) is 79.3 Å². The number of aromatic nitrogens is 2. The Morgan fingerprint density at radius 1 is 1.22 bits per heavy atom. The van der Waals surface area contributed by atoms with E-state index in [9.17, 15) is 9.59 Å². The lowest BCUT2D eigenvalue weighted by Crippen LogP contribution is -2.43. The fourth-order valence-corrected chi connectivity index (χ4v) is 3.05. The van der Waals surface area contributed by atoms with Crippen molar-refractivity contribution in [3.05, 3.63) is 40.5 Å². The molecule has 1 atom stereocenters. The van der Waals surface area contributed by atoms with Crippen LogP contribution in [0.1, 0.15) is 32.4 Å². The van der Waals surface area contributed by atoms with Gasteiger partial charge in [-0.25, -0.2) is 4.68 Å². The summed E-state index contributed by atoms with van der Waals surface area (Å²) in [6, 6.07) is 7.09. The lowest BCUT2D eigenvalue weighted by atomic mass is 10.2. The van der Waals surface area contributed by atoms with Gasteiger partial charge in [-0.3, -0.25) is 14.5 Å². The molecule has 1 heterocycles. The summed E-state index contributed by atoms with van der Waals surface area (Å²) in [5.74, 6) is 0.285. The summed E-state index contributed by atoms with van der Waals surface area (Å²) in [6.45, 7) is 7.79. The standard InChI is InChI=1S/C19H26BrN5O2/c1-12(2)25-17(8-9-21-25)23-19(27)14(4)24(5)11-18(26)22-16-7-6-15(20)10-13(16)3/h6-10,12,14H,11H2,1-5H3,(H,22,26)(H,23,27)/t14-/m0/s1. The van der Waals surface area contributed by atoms with E-state index in [-0.39, 0.29) is 24.4 Å². The Balaban J connectivity index is 1.93. The number of likely N-dealkylation sites (N-methyl/N-ethyl adjacent to an activating group) is 1. The molecule has 2 rings (SSSR count). The summed E-state index contributed by atoms with van der Waals surface area (Å²) in [5.41, 5.74) is 1.72. The van der Waals surface area contributed by atoms with Crippen molar-refractivity contribution in [3.8, 4) is 0 Å². The SMILES string of the molecule is Cc1cc(Br)ccc1NC(=O)CN(C)[C@@H](C)C(=O)Nc1ccnn1C(C)C. The molecule has 0 spiro atoms. The Bertz CT molecular complexity index is 818. The first kappa shape index (κ1) is 21.1. The third-order valence-corrected chi connectivity index (χ3v) is 4.80. The van der Waals surface area contributed by atoms with Gasteiger partial charge in [0.05, 0.1) is 18.8 Å². The number of carbonyl (C=O) groups is 2. The monoisotopic (exact) mass is 435 g/mol. The van der Waals surface area contributed by atoms with Crippen molar-refractivity contribution in [2.24, 2.45) is 0 Å². The molecule has 7 nitrogen and oxygen atoms in total. The predicted molar refractivity (Wildman–Crippen MR) is 111 cm³/mol. The summed E-state index contributed by atoms with van der Waals surface area (Å²) < 4.78 is 2.70. The van der Waals surface area contributed by atoms with Gasteiger partial charge < -0.3 is 10.6 Å². The Hall–Kier alpha value is -2.19. The van der Waals surface area contributed by atoms with Crippen molar-refractivity contribution in [2.75, 3.05) is 24.2 Å². The highest BCUT2D eigenvalue weighted by molar-refractivity contribution is 9.10. The quantitative estimate of drug-likeness (QED) is 0.697. The van der Waals surface area contributed by atoms with Crippen LogP contribution in [0, 0.1) is 6.92 Å². The molecule has 0 saturated carbocycles. The van der Waals surface area contributed by atoms with Crippen LogP contribution in [0.15, 0.2) is 34.9 Å². The van der Waals surface area contributed by atoms with Crippen molar-refractivity contribution in [1.82, 2.24) is 14.7 Å². The highest BCUT2D eigenvalue weighted by Crippen LogP contribution is 2.20. The van der Waals surface area contributed by atoms with Gasteiger partial charge in [0, 0.05) is 22.3 Å². The summed E-state index contributed by atoms with van der Waals surface area (Å²) in [4.78, 5) is 26.6. The molecule has 0 aliphatic carbocycles. The molecule has 8 heteroatoms. The number of amides is 2. The smallest absolute Gasteiger partial charge is 0.242 e. The van der Waals surface area contributed by atoms with E-state index in [1.807, 2.05) is 39.0 Å². The van der Waals surface area contributed by atoms with Crippen LogP contribution in [-0.2, 0) is 9.59 Å². The Morgan fingerprint density at radius 3 is 2.56 bits per heavy atom. The van der Waals surface area contributed by atoms with E-state index >= 15 is 0 Å². The van der Waals surface area contributed by atoms with Crippen LogP contribution in [0.2, 0.25) is 0 Å². The molecule has 0 bridgehead atoms. The maximum atomic E-state index is 12.5. The normalized spacial score (nSPS) is 12.3. The van der Waals surface area contributed by atoms with Crippen LogP contribution in [-0.4, -0.2) is 46.1 Å². The van der Waals surface area contributed by atoms with Gasteiger partial charge in [0.25, 0.3) is 0 Å². The highest BCUT2D eigenvalue weighted by Gasteiger charge is 2.21. The Kier molecular flexibility index (Phi) is 7.15. The zero-order chi connectivity index (χ0) is 20.1. The summed E-state index contributed by atoms with van der Waals surface area (Å²) in [7, 11) is 1.75. The minimum atomic E-state index is -0.475. The molecule has 0 saturated heterocycles. The van der Waals surface area contributed by atoms with Gasteiger partial charge in [-0.15, -0.1) is 0 Å². The first-order valence-corrected chi connectivity index (χ1v) is 9.59. The van der Waals surface area contributed by atoms with Crippen molar-refractivity contribution >= 4 is 39.2 Å². The largest absolute Gasteiger partial charge is 0.325 e. The molecule has 27 heavy (non-hydrogen) atoms. The molecular formula is C19H26BrN5O2. The van der Waals surface area contributed by atoms with E-state index < -0.39 is 6.04 Å². The number of halogens is 1. The second-order valence-electron chi connectivity index (χ2n) is 6.84. The van der Waals surface area contributed by atoms with Crippen molar-refractivity contribution in [3.63, 3.8) is 0 Å². The molecule has 2 aromatic rings. The van der Waals surface area contributed by atoms with Gasteiger partial charge in [-0.1, -0.05) is 15.9 Å². The van der Waals surface area contributed by atoms with E-state index in [1.165, 1.54) is 0 Å². The summed E-state index contributed by atoms with van der Waals surface area (Å²) in [6.07, 6.45) is 1.65. The number of benzene rings is 1. The Morgan fingerprint density at radius 2 is 1.93 bits per heavy atom. The van der Waals surface area contributed by atoms with Gasteiger partial charge in [0.2, 0.25) is 11.8 Å². The number of carbonyl (C=O) groups excluding carboxylic acids is 2. The molecule has 0 fully saturated rings. The second-order valence-corrected chi connectivity index (χ2v) is 7.76. The first-order valence-electron chi connectivity index (χ1n) is 8.79. The number of hydrogen-bond donors (Lipinski definition) is 2. The molecule has 1 aromatic heterocycles. The van der Waals surface area contributed by atoms with E-state index in [0.29, 0.717) is 5.82 Å². The zero-order valence-corrected chi connectivity index (χ0v) is 17.9. The van der Waals surface area contributed by atoms with E-state index in [0.717, 1.165) is 15.7 Å². The number of nitrogens with one attached hydrogen (secondary N) is 2. The molecule has 146 valence electrons. The van der Waals surface area contributed by atoms with Gasteiger partial charge in [0.15, 0.2) is 0 Å². The molecule has 2 N–H and O–H groups in total. The maximum absolute atomic E-state index is 12.5. The minimum absolute atomic E-state index is 0.105. The maximum Gasteiger partial charge on any atom is 0.242 e. The summed E-state index contributed by atoms with van der Waals surface area (Å²) >= 11 is 3.40. The summed E-state index contributed by atoms with van der Waals surface area (Å²) in [5, 5.41) is 9.96. The molecular weight excluding hydrogens is 410 g/mol. The average Bonchev–Trinajstić information content (AvgIpc) is 3.05. The number of anilines is 2. The van der Waals surface area contributed by atoms with Crippen LogP contribution >= 0.6 is 15.9 Å². The van der Waals surface area contributed by atoms with E-state index in [2.05, 4.69) is 31.7 Å². The molecule has 0 aliphatic rings. The third-order valence-electron chi connectivity index (χ3n) is 4.31. The van der Waals surface area contributed by atoms with Gasteiger partial charge in [-0.05, 0) is 58.5 Å². The third kappa shape index (κ3) is 5.64. The van der Waals surface area contributed by atoms with Crippen LogP contribution in [0.25, 0.3) is 0 Å². The second kappa shape index (κ2) is 9.14. The molecule has 0 unspecified atom stereocenters. The number of rotatable bonds is 7. The van der Waals surface area contributed by atoms with Crippen LogP contribution in [0.3, 0.4) is 0 Å². The fraction of sp³-hybridized carbons (Fsp3) is 0.421. The van der Waals surface area contributed by atoms with Gasteiger partial charge in [0.1, 0.15) is 5.82 Å². The molecule has 0 aliphatic heterocycles. The lowest BCUT2D eigenvalue weighted by Gasteiger charge is -2.24. The highest BCUT2D eigenvalue weighted by atomic mass is 79.9. The van der Waals surface area contributed by atoms with Crippen LogP contribution in [0.5, 0.6) is 0 Å². The lowest BCUT2D eigenvalue weighted by molar-refractivity contribution is -0.122. The first-order chi connectivity index (χ1) is 12.7. The number of hydrogen-bond acceptors (Lipinski definition) is 4. The van der Waals surface area contributed by atoms with Crippen LogP contribution in [0.4, 0.5) is 11.5 Å². The minimum Gasteiger partial charge on any atom is -0.325 e. The van der Waals surface area contributed by atoms with E-state index in [1.54, 1.807) is 35.8 Å². The van der Waals surface area contributed by atoms with Gasteiger partial charge >= 0.3 is 0 Å². The van der Waals surface area contributed by atoms with Crippen molar-refractivity contribution < 1.29 is 9.59 Å². The zero-order valence-electron chi connectivity index (χ0n) is 16.3. The number of aryl methyl sites for hydroxylation is 1. The number of nitrogens with zero attached hydrogens (tertiary/aromatic N) is 3. The molecule has 0 radical (unpaired) electrons. The van der Waals surface area contributed by atoms with Gasteiger partial charge in [-0.2, -0.15) is 5.10 Å². The molecule has 2 amide bonds. The average molecular weight is 436 g/mol. The molecule has 1 aromatic carbocycles. The van der Waals surface area contributed by atoms with Crippen molar-refractivity contribution in [2.45, 2.75) is 39.8 Å². The Labute approximate surface area is 168 Å². The fourth-order valence-electron chi connectivity index (χ4n) is 2.58. The predicted octanol–water partition coefficient (Wildman–Crippen LogP) is 3.43.